The number of benzene rings is 5. The van der Waals surface area contributed by atoms with Crippen LogP contribution in [0.4, 0.5) is 4.79 Å². The first kappa shape index (κ1) is 36.4. The number of para-hydroxylation sites is 4. The van der Waals surface area contributed by atoms with Gasteiger partial charge in [-0.2, -0.15) is 0 Å². The molecule has 0 spiro atoms. The summed E-state index contributed by atoms with van der Waals surface area (Å²) in [7, 11) is 2.91. The molecule has 0 bridgehead atoms. The fourth-order valence-electron chi connectivity index (χ4n) is 5.69. The topological polar surface area (TPSA) is 124 Å². The summed E-state index contributed by atoms with van der Waals surface area (Å²) in [5, 5.41) is 15.9. The number of carbonyl (C=O) groups excluding carboxylic acids is 3. The minimum atomic E-state index is -1.68. The zero-order valence-electron chi connectivity index (χ0n) is 29.1. The Labute approximate surface area is 297 Å². The van der Waals surface area contributed by atoms with Crippen LogP contribution in [0.1, 0.15) is 19.4 Å². The van der Waals surface area contributed by atoms with Crippen molar-refractivity contribution in [3.8, 4) is 34.1 Å². The lowest BCUT2D eigenvalue weighted by Gasteiger charge is -2.28. The summed E-state index contributed by atoms with van der Waals surface area (Å²) < 4.78 is 21.7. The Morgan fingerprint density at radius 2 is 1.22 bits per heavy atom. The summed E-state index contributed by atoms with van der Waals surface area (Å²) in [5.74, 6) is -0.705. The van der Waals surface area contributed by atoms with Gasteiger partial charge in [-0.3, -0.25) is 0 Å². The minimum Gasteiger partial charge on any atom is -0.493 e. The first-order valence-corrected chi connectivity index (χ1v) is 16.7. The minimum absolute atomic E-state index is 0.0335. The number of urea groups is 1. The second-order valence-corrected chi connectivity index (χ2v) is 12.4. The highest BCUT2D eigenvalue weighted by Crippen LogP contribution is 2.30. The SMILES string of the molecule is COc1ccccc1OC(=O)C(O)CN(CC(C)C)C(=O)N[C@@H](Cc1ccc(-c2cccc3ccccc23)cc1)C(=O)Oc1ccccc1OC. The Hall–Kier alpha value is -5.87. The summed E-state index contributed by atoms with van der Waals surface area (Å²) in [5.41, 5.74) is 2.86. The number of hydrogen-bond acceptors (Lipinski definition) is 8. The Morgan fingerprint density at radius 3 is 1.82 bits per heavy atom. The highest BCUT2D eigenvalue weighted by molar-refractivity contribution is 5.96. The van der Waals surface area contributed by atoms with Crippen LogP contribution >= 0.6 is 0 Å². The Balaban J connectivity index is 1.36. The van der Waals surface area contributed by atoms with Crippen molar-refractivity contribution >= 4 is 28.7 Å². The molecule has 5 aromatic rings. The molecule has 0 aromatic heterocycles. The highest BCUT2D eigenvalue weighted by Gasteiger charge is 2.30. The average Bonchev–Trinajstić information content (AvgIpc) is 3.14. The molecule has 0 aliphatic rings. The van der Waals surface area contributed by atoms with Gasteiger partial charge in [0.25, 0.3) is 0 Å². The van der Waals surface area contributed by atoms with Gasteiger partial charge in [0, 0.05) is 13.0 Å². The van der Waals surface area contributed by atoms with Gasteiger partial charge < -0.3 is 34.3 Å². The summed E-state index contributed by atoms with van der Waals surface area (Å²) in [6, 6.07) is 33.6. The van der Waals surface area contributed by atoms with E-state index in [1.165, 1.54) is 25.2 Å². The normalized spacial score (nSPS) is 12.1. The lowest BCUT2D eigenvalue weighted by molar-refractivity contribution is -0.144. The predicted molar refractivity (Wildman–Crippen MR) is 195 cm³/mol. The lowest BCUT2D eigenvalue weighted by atomic mass is 9.96. The van der Waals surface area contributed by atoms with Crippen molar-refractivity contribution in [3.05, 3.63) is 121 Å². The highest BCUT2D eigenvalue weighted by atomic mass is 16.6. The molecule has 0 heterocycles. The molecule has 0 radical (unpaired) electrons. The van der Waals surface area contributed by atoms with Crippen LogP contribution in [0.15, 0.2) is 115 Å². The van der Waals surface area contributed by atoms with E-state index in [2.05, 4.69) is 29.6 Å². The Morgan fingerprint density at radius 1 is 0.667 bits per heavy atom. The third kappa shape index (κ3) is 9.43. The number of carbonyl (C=O) groups is 3. The van der Waals surface area contributed by atoms with E-state index in [1.54, 1.807) is 42.5 Å². The number of esters is 2. The van der Waals surface area contributed by atoms with E-state index in [0.717, 1.165) is 27.5 Å². The van der Waals surface area contributed by atoms with Gasteiger partial charge in [-0.1, -0.05) is 105 Å². The third-order valence-corrected chi connectivity index (χ3v) is 8.17. The molecule has 5 rings (SSSR count). The van der Waals surface area contributed by atoms with E-state index in [4.69, 9.17) is 18.9 Å². The molecular weight excluding hydrogens is 648 g/mol. The first-order chi connectivity index (χ1) is 24.7. The van der Waals surface area contributed by atoms with Gasteiger partial charge in [0.1, 0.15) is 6.04 Å². The van der Waals surface area contributed by atoms with E-state index < -0.39 is 30.1 Å². The monoisotopic (exact) mass is 690 g/mol. The zero-order valence-corrected chi connectivity index (χ0v) is 29.1. The van der Waals surface area contributed by atoms with Gasteiger partial charge in [-0.15, -0.1) is 0 Å². The predicted octanol–water partition coefficient (Wildman–Crippen LogP) is 6.67. The second kappa shape index (κ2) is 17.2. The molecule has 2 N–H and O–H groups in total. The smallest absolute Gasteiger partial charge is 0.342 e. The maximum Gasteiger partial charge on any atom is 0.342 e. The molecule has 0 aliphatic heterocycles. The molecule has 10 nitrogen and oxygen atoms in total. The molecule has 0 fully saturated rings. The van der Waals surface area contributed by atoms with Crippen molar-refractivity contribution in [2.75, 3.05) is 27.3 Å². The number of hydrogen-bond donors (Lipinski definition) is 2. The molecule has 51 heavy (non-hydrogen) atoms. The molecule has 0 saturated heterocycles. The number of amides is 2. The maximum atomic E-state index is 13.8. The summed E-state index contributed by atoms with van der Waals surface area (Å²) in [6.45, 7) is 3.58. The molecule has 0 saturated carbocycles. The third-order valence-electron chi connectivity index (χ3n) is 8.17. The van der Waals surface area contributed by atoms with Crippen molar-refractivity contribution in [3.63, 3.8) is 0 Å². The van der Waals surface area contributed by atoms with Crippen LogP contribution in [0.2, 0.25) is 0 Å². The number of aliphatic hydroxyl groups excluding tert-OH is 1. The average molecular weight is 691 g/mol. The van der Waals surface area contributed by atoms with Gasteiger partial charge in [0.15, 0.2) is 29.1 Å². The number of nitrogens with one attached hydrogen (secondary N) is 1. The van der Waals surface area contributed by atoms with Gasteiger partial charge in [0.2, 0.25) is 0 Å². The maximum absolute atomic E-state index is 13.8. The van der Waals surface area contributed by atoms with E-state index >= 15 is 0 Å². The van der Waals surface area contributed by atoms with Crippen LogP contribution in [0, 0.1) is 5.92 Å². The molecule has 2 atom stereocenters. The van der Waals surface area contributed by atoms with Gasteiger partial charge >= 0.3 is 18.0 Å². The quantitative estimate of drug-likeness (QED) is 0.0978. The lowest BCUT2D eigenvalue weighted by Crippen LogP contribution is -2.53. The first-order valence-electron chi connectivity index (χ1n) is 16.7. The molecular formula is C41H42N2O8. The largest absolute Gasteiger partial charge is 0.493 e. The summed E-state index contributed by atoms with van der Waals surface area (Å²) >= 11 is 0. The number of ether oxygens (including phenoxy) is 4. The Kier molecular flexibility index (Phi) is 12.3. The summed E-state index contributed by atoms with van der Waals surface area (Å²) in [6.07, 6.45) is -1.58. The van der Waals surface area contributed by atoms with E-state index in [-0.39, 0.29) is 36.9 Å². The molecule has 1 unspecified atom stereocenters. The van der Waals surface area contributed by atoms with E-state index in [0.29, 0.717) is 11.5 Å². The van der Waals surface area contributed by atoms with Crippen molar-refractivity contribution in [2.24, 2.45) is 5.92 Å². The number of fused-ring (bicyclic) bond motifs is 1. The van der Waals surface area contributed by atoms with Crippen LogP contribution in [0.25, 0.3) is 21.9 Å². The fraction of sp³-hybridized carbons (Fsp3) is 0.244. The molecule has 2 amide bonds. The second-order valence-electron chi connectivity index (χ2n) is 12.4. The van der Waals surface area contributed by atoms with Crippen molar-refractivity contribution < 1.29 is 38.4 Å². The van der Waals surface area contributed by atoms with E-state index in [9.17, 15) is 19.5 Å². The fourth-order valence-corrected chi connectivity index (χ4v) is 5.69. The van der Waals surface area contributed by atoms with Crippen LogP contribution in [-0.4, -0.2) is 67.4 Å². The molecule has 5 aromatic carbocycles. The van der Waals surface area contributed by atoms with Crippen LogP contribution in [-0.2, 0) is 16.0 Å². The van der Waals surface area contributed by atoms with Crippen molar-refractivity contribution in [1.29, 1.82) is 0 Å². The zero-order chi connectivity index (χ0) is 36.3. The molecule has 0 aliphatic carbocycles. The van der Waals surface area contributed by atoms with Gasteiger partial charge in [0.05, 0.1) is 20.8 Å². The standard InChI is InChI=1S/C41H42N2O8/c1-27(2)25-43(26-34(44)40(46)51-38-19-10-8-17-36(38)49-4)41(47)42-33(39(45)50-37-18-9-7-16-35(37)48-3)24-28-20-22-30(23-21-28)32-15-11-13-29-12-5-6-14-31(29)32/h5-23,27,33-34,44H,24-26H2,1-4H3,(H,42,47)/t33-,34?/m0/s1. The van der Waals surface area contributed by atoms with Crippen molar-refractivity contribution in [1.82, 2.24) is 10.2 Å². The molecule has 10 heteroatoms. The number of nitrogens with zero attached hydrogens (tertiary/aromatic N) is 1. The van der Waals surface area contributed by atoms with Crippen molar-refractivity contribution in [2.45, 2.75) is 32.4 Å². The number of aliphatic hydroxyl groups is 1. The van der Waals surface area contributed by atoms with Crippen LogP contribution < -0.4 is 24.3 Å². The van der Waals surface area contributed by atoms with Crippen LogP contribution in [0.5, 0.6) is 23.0 Å². The Bertz CT molecular complexity index is 1950. The van der Waals surface area contributed by atoms with Gasteiger partial charge in [-0.25, -0.2) is 14.4 Å². The number of rotatable bonds is 14. The number of methoxy groups -OCH3 is 2. The van der Waals surface area contributed by atoms with Gasteiger partial charge in [-0.05, 0) is 57.6 Å². The van der Waals surface area contributed by atoms with E-state index in [1.807, 2.05) is 56.3 Å². The summed E-state index contributed by atoms with van der Waals surface area (Å²) in [4.78, 5) is 41.8. The van der Waals surface area contributed by atoms with Crippen LogP contribution in [0.3, 0.4) is 0 Å². The molecule has 264 valence electrons.